The minimum absolute atomic E-state index is 0.0342. The number of nitrogens with zero attached hydrogens (tertiary/aromatic N) is 3. The predicted octanol–water partition coefficient (Wildman–Crippen LogP) is 3.64. The van der Waals surface area contributed by atoms with Gasteiger partial charge in [-0.15, -0.1) is 0 Å². The number of ether oxygens (including phenoxy) is 1. The maximum absolute atomic E-state index is 13.3. The summed E-state index contributed by atoms with van der Waals surface area (Å²) in [6.07, 6.45) is 1.84. The number of nitrogens with one attached hydrogen (secondary N) is 2. The molecule has 0 aliphatic carbocycles. The van der Waals surface area contributed by atoms with Crippen LogP contribution in [-0.4, -0.2) is 58.5 Å². The van der Waals surface area contributed by atoms with E-state index in [4.69, 9.17) is 10.5 Å². The van der Waals surface area contributed by atoms with E-state index in [1.54, 1.807) is 29.2 Å². The molecule has 2 aromatic carbocycles. The molecule has 204 valence electrons. The molecular weight excluding hydrogens is 496 g/mol. The van der Waals surface area contributed by atoms with Crippen LogP contribution in [0.4, 0.5) is 10.6 Å². The van der Waals surface area contributed by atoms with Crippen molar-refractivity contribution in [2.24, 2.45) is 5.92 Å². The van der Waals surface area contributed by atoms with Crippen molar-refractivity contribution in [2.75, 3.05) is 25.4 Å². The predicted molar refractivity (Wildman–Crippen MR) is 148 cm³/mol. The number of likely N-dealkylation sites (tertiary alicyclic amines) is 1. The van der Waals surface area contributed by atoms with Crippen molar-refractivity contribution >= 4 is 23.7 Å². The number of nitrogen functional groups attached to an aromatic ring is 1. The molecule has 1 aliphatic heterocycles. The number of anilines is 1. The summed E-state index contributed by atoms with van der Waals surface area (Å²) in [5.41, 5.74) is 8.64. The number of amides is 3. The standard InChI is InChI=1S/C29H34N6O4/c1-19(2)16-33-29(38)39-23-11-13-35(14-12-23)28(37)25-26(30)31-18-24(34-25)21-9-6-10-22(15-21)27(36)32-17-20-7-4-3-5-8-20/h3-10,15,18-19,23H,11-14,16-17H2,1-2H3,(H2,30,31)(H,32,36)(H,33,38). The Bertz CT molecular complexity index is 1310. The minimum Gasteiger partial charge on any atom is -0.446 e. The highest BCUT2D eigenvalue weighted by Crippen LogP contribution is 2.22. The van der Waals surface area contributed by atoms with Crippen molar-refractivity contribution in [2.45, 2.75) is 39.3 Å². The van der Waals surface area contributed by atoms with E-state index in [0.29, 0.717) is 61.8 Å². The van der Waals surface area contributed by atoms with Gasteiger partial charge >= 0.3 is 6.09 Å². The molecule has 2 heterocycles. The van der Waals surface area contributed by atoms with Crippen molar-refractivity contribution in [3.63, 3.8) is 0 Å². The first-order chi connectivity index (χ1) is 18.8. The molecule has 0 radical (unpaired) electrons. The van der Waals surface area contributed by atoms with Crippen LogP contribution in [0, 0.1) is 5.92 Å². The first kappa shape index (κ1) is 27.6. The van der Waals surface area contributed by atoms with Crippen molar-refractivity contribution in [1.82, 2.24) is 25.5 Å². The van der Waals surface area contributed by atoms with Crippen LogP contribution in [0.25, 0.3) is 11.3 Å². The van der Waals surface area contributed by atoms with Gasteiger partial charge in [-0.05, 0) is 23.6 Å². The summed E-state index contributed by atoms with van der Waals surface area (Å²) >= 11 is 0. The summed E-state index contributed by atoms with van der Waals surface area (Å²) in [6, 6.07) is 16.6. The topological polar surface area (TPSA) is 140 Å². The normalized spacial score (nSPS) is 13.7. The summed E-state index contributed by atoms with van der Waals surface area (Å²) in [5, 5.41) is 5.65. The lowest BCUT2D eigenvalue weighted by Crippen LogP contribution is -2.43. The number of piperidine rings is 1. The average molecular weight is 531 g/mol. The fraction of sp³-hybridized carbons (Fsp3) is 0.345. The number of rotatable bonds is 8. The molecule has 3 amide bonds. The second-order valence-electron chi connectivity index (χ2n) is 9.91. The molecule has 4 N–H and O–H groups in total. The largest absolute Gasteiger partial charge is 0.446 e. The van der Waals surface area contributed by atoms with Crippen molar-refractivity contribution in [1.29, 1.82) is 0 Å². The van der Waals surface area contributed by atoms with Crippen LogP contribution in [0.3, 0.4) is 0 Å². The quantitative estimate of drug-likeness (QED) is 0.404. The van der Waals surface area contributed by atoms with Gasteiger partial charge in [0.25, 0.3) is 11.8 Å². The lowest BCUT2D eigenvalue weighted by Gasteiger charge is -2.31. The van der Waals surface area contributed by atoms with Crippen LogP contribution in [0.15, 0.2) is 60.8 Å². The highest BCUT2D eigenvalue weighted by Gasteiger charge is 2.28. The number of carbonyl (C=O) groups is 3. The Hall–Kier alpha value is -4.47. The van der Waals surface area contributed by atoms with Crippen molar-refractivity contribution in [3.8, 4) is 11.3 Å². The maximum Gasteiger partial charge on any atom is 0.407 e. The van der Waals surface area contributed by atoms with Crippen LogP contribution in [0.2, 0.25) is 0 Å². The zero-order valence-electron chi connectivity index (χ0n) is 22.2. The third-order valence-electron chi connectivity index (χ3n) is 6.38. The smallest absolute Gasteiger partial charge is 0.407 e. The number of benzene rings is 2. The van der Waals surface area contributed by atoms with E-state index in [-0.39, 0.29) is 29.4 Å². The molecule has 4 rings (SSSR count). The summed E-state index contributed by atoms with van der Waals surface area (Å²) in [7, 11) is 0. The van der Waals surface area contributed by atoms with E-state index in [1.807, 2.05) is 44.2 Å². The number of hydrogen-bond acceptors (Lipinski definition) is 7. The molecule has 1 fully saturated rings. The van der Waals surface area contributed by atoms with E-state index in [0.717, 1.165) is 5.56 Å². The van der Waals surface area contributed by atoms with Gasteiger partial charge in [0, 0.05) is 50.1 Å². The molecule has 39 heavy (non-hydrogen) atoms. The van der Waals surface area contributed by atoms with Gasteiger partial charge in [-0.2, -0.15) is 0 Å². The molecule has 3 aromatic rings. The Morgan fingerprint density at radius 2 is 1.79 bits per heavy atom. The Morgan fingerprint density at radius 3 is 2.51 bits per heavy atom. The second kappa shape index (κ2) is 12.9. The highest BCUT2D eigenvalue weighted by molar-refractivity contribution is 5.97. The minimum atomic E-state index is -0.438. The highest BCUT2D eigenvalue weighted by atomic mass is 16.6. The molecule has 0 bridgehead atoms. The van der Waals surface area contributed by atoms with E-state index in [9.17, 15) is 14.4 Å². The van der Waals surface area contributed by atoms with E-state index in [1.165, 1.54) is 6.20 Å². The molecule has 0 atom stereocenters. The third kappa shape index (κ3) is 7.53. The number of hydrogen-bond donors (Lipinski definition) is 3. The molecule has 0 saturated carbocycles. The first-order valence-electron chi connectivity index (χ1n) is 13.1. The molecule has 10 nitrogen and oxygen atoms in total. The Balaban J connectivity index is 1.39. The third-order valence-corrected chi connectivity index (χ3v) is 6.38. The number of carbonyl (C=O) groups excluding carboxylic acids is 3. The van der Waals surface area contributed by atoms with E-state index < -0.39 is 6.09 Å². The first-order valence-corrected chi connectivity index (χ1v) is 13.1. The average Bonchev–Trinajstić information content (AvgIpc) is 2.95. The lowest BCUT2D eigenvalue weighted by molar-refractivity contribution is 0.0419. The van der Waals surface area contributed by atoms with Crippen LogP contribution in [-0.2, 0) is 11.3 Å². The van der Waals surface area contributed by atoms with Gasteiger partial charge in [0.2, 0.25) is 0 Å². The summed E-state index contributed by atoms with van der Waals surface area (Å²) in [5.74, 6) is -0.185. The fourth-order valence-electron chi connectivity index (χ4n) is 4.20. The summed E-state index contributed by atoms with van der Waals surface area (Å²) in [4.78, 5) is 48.3. The molecule has 10 heteroatoms. The molecular formula is C29H34N6O4. The zero-order chi connectivity index (χ0) is 27.8. The SMILES string of the molecule is CC(C)CNC(=O)OC1CCN(C(=O)c2nc(-c3cccc(C(=O)NCc4ccccc4)c3)cnc2N)CC1. The molecule has 0 unspecified atom stereocenters. The van der Waals surface area contributed by atoms with Gasteiger partial charge in [0.1, 0.15) is 6.10 Å². The molecule has 1 aromatic heterocycles. The Kier molecular flexibility index (Phi) is 9.09. The van der Waals surface area contributed by atoms with Gasteiger partial charge in [-0.25, -0.2) is 14.8 Å². The molecule has 0 spiro atoms. The van der Waals surface area contributed by atoms with E-state index in [2.05, 4.69) is 20.6 Å². The van der Waals surface area contributed by atoms with Crippen LogP contribution in [0.5, 0.6) is 0 Å². The lowest BCUT2D eigenvalue weighted by atomic mass is 10.1. The molecule has 1 saturated heterocycles. The van der Waals surface area contributed by atoms with Gasteiger partial charge in [0.05, 0.1) is 11.9 Å². The number of nitrogens with two attached hydrogens (primary N) is 1. The van der Waals surface area contributed by atoms with Crippen LogP contribution in [0.1, 0.15) is 53.1 Å². The monoisotopic (exact) mass is 530 g/mol. The number of alkyl carbamates (subject to hydrolysis) is 1. The second-order valence-corrected chi connectivity index (χ2v) is 9.91. The maximum atomic E-state index is 13.3. The Labute approximate surface area is 228 Å². The summed E-state index contributed by atoms with van der Waals surface area (Å²) < 4.78 is 5.48. The van der Waals surface area contributed by atoms with Gasteiger partial charge in [-0.1, -0.05) is 56.3 Å². The van der Waals surface area contributed by atoms with Crippen molar-refractivity contribution in [3.05, 3.63) is 77.6 Å². The van der Waals surface area contributed by atoms with Crippen molar-refractivity contribution < 1.29 is 19.1 Å². The van der Waals surface area contributed by atoms with E-state index >= 15 is 0 Å². The Morgan fingerprint density at radius 1 is 1.05 bits per heavy atom. The van der Waals surface area contributed by atoms with Crippen LogP contribution >= 0.6 is 0 Å². The summed E-state index contributed by atoms with van der Waals surface area (Å²) in [6.45, 7) is 5.79. The van der Waals surface area contributed by atoms with Gasteiger partial charge in [-0.3, -0.25) is 9.59 Å². The van der Waals surface area contributed by atoms with Gasteiger partial charge in [0.15, 0.2) is 11.5 Å². The fourth-order valence-corrected chi connectivity index (χ4v) is 4.20. The van der Waals surface area contributed by atoms with Gasteiger partial charge < -0.3 is 26.0 Å². The van der Waals surface area contributed by atoms with Crippen LogP contribution < -0.4 is 16.4 Å². The molecule has 1 aliphatic rings. The number of aromatic nitrogens is 2. The zero-order valence-corrected chi connectivity index (χ0v) is 22.2.